The molecule has 10 heteroatoms. The number of carbonyl (C=O) groups excluding carboxylic acids is 2. The second-order valence-electron chi connectivity index (χ2n) is 16.1. The molecule has 2 N–H and O–H groups in total. The zero-order valence-electron chi connectivity index (χ0n) is 28.2. The number of hydrogen-bond acceptors (Lipinski definition) is 6. The number of aromatic nitrogens is 1. The molecule has 5 fully saturated rings. The first-order chi connectivity index (χ1) is 23.0. The van der Waals surface area contributed by atoms with Crippen molar-refractivity contribution in [3.63, 3.8) is 0 Å². The molecule has 3 saturated carbocycles. The van der Waals surface area contributed by atoms with Gasteiger partial charge in [-0.3, -0.25) is 9.59 Å². The zero-order chi connectivity index (χ0) is 33.2. The number of methoxy groups -OCH3 is 1. The van der Waals surface area contributed by atoms with E-state index in [-0.39, 0.29) is 22.7 Å². The Morgan fingerprint density at radius 2 is 1.71 bits per heavy atom. The lowest BCUT2D eigenvalue weighted by Gasteiger charge is -2.48. The lowest BCUT2D eigenvalue weighted by molar-refractivity contribution is -0.137. The first kappa shape index (κ1) is 30.7. The molecule has 0 bridgehead atoms. The lowest BCUT2D eigenvalue weighted by Crippen LogP contribution is -2.49. The third kappa shape index (κ3) is 4.14. The van der Waals surface area contributed by atoms with Crippen molar-refractivity contribution >= 4 is 32.7 Å². The number of sulfonamides is 1. The normalized spacial score (nSPS) is 30.5. The lowest BCUT2D eigenvalue weighted by atomic mass is 9.53. The number of amides is 2. The van der Waals surface area contributed by atoms with Crippen molar-refractivity contribution in [2.45, 2.75) is 88.8 Å². The van der Waals surface area contributed by atoms with Gasteiger partial charge in [0.1, 0.15) is 5.75 Å². The third-order valence-corrected chi connectivity index (χ3v) is 15.2. The molecule has 3 aliphatic carbocycles. The van der Waals surface area contributed by atoms with Gasteiger partial charge in [0, 0.05) is 71.5 Å². The molecule has 3 aromatic rings. The first-order valence-corrected chi connectivity index (χ1v) is 19.5. The van der Waals surface area contributed by atoms with Crippen molar-refractivity contribution < 1.29 is 22.7 Å². The van der Waals surface area contributed by atoms with Crippen LogP contribution in [-0.4, -0.2) is 68.2 Å². The van der Waals surface area contributed by atoms with E-state index in [2.05, 4.69) is 31.6 Å². The molecule has 4 heterocycles. The summed E-state index contributed by atoms with van der Waals surface area (Å²) in [6, 6.07) is 12.0. The quantitative estimate of drug-likeness (QED) is 0.357. The topological polar surface area (TPSA) is 110 Å². The minimum absolute atomic E-state index is 0.0816. The van der Waals surface area contributed by atoms with Crippen LogP contribution in [0.15, 0.2) is 36.4 Å². The van der Waals surface area contributed by atoms with E-state index in [1.54, 1.807) is 27.0 Å². The highest BCUT2D eigenvalue weighted by molar-refractivity contribution is 7.90. The van der Waals surface area contributed by atoms with E-state index in [1.165, 1.54) is 43.2 Å². The molecule has 2 aromatic carbocycles. The summed E-state index contributed by atoms with van der Waals surface area (Å²) in [5.74, 6) is 0.892. The summed E-state index contributed by atoms with van der Waals surface area (Å²) in [5, 5.41) is 4.01. The van der Waals surface area contributed by atoms with Crippen molar-refractivity contribution in [1.29, 1.82) is 0 Å². The molecule has 3 aliphatic heterocycles. The van der Waals surface area contributed by atoms with Gasteiger partial charge in [-0.25, -0.2) is 13.1 Å². The molecule has 9 rings (SSSR count). The molecule has 2 saturated heterocycles. The first-order valence-electron chi connectivity index (χ1n) is 17.9. The van der Waals surface area contributed by atoms with E-state index in [9.17, 15) is 13.2 Å². The third-order valence-electron chi connectivity index (χ3n) is 13.5. The fourth-order valence-electron chi connectivity index (χ4n) is 10.5. The highest BCUT2D eigenvalue weighted by Crippen LogP contribution is 2.69. The molecule has 0 spiro atoms. The van der Waals surface area contributed by atoms with Crippen molar-refractivity contribution in [2.75, 3.05) is 33.3 Å². The number of rotatable bonds is 6. The molecule has 4 atom stereocenters. The maximum atomic E-state index is 15.0. The van der Waals surface area contributed by atoms with Crippen LogP contribution in [0.1, 0.15) is 98.5 Å². The Kier molecular flexibility index (Phi) is 6.60. The number of nitrogens with one attached hydrogen (secondary N) is 2. The van der Waals surface area contributed by atoms with Gasteiger partial charge < -0.3 is 19.5 Å². The number of benzene rings is 2. The summed E-state index contributed by atoms with van der Waals surface area (Å²) in [7, 11) is -2.10. The van der Waals surface area contributed by atoms with Crippen molar-refractivity contribution in [3.8, 4) is 17.0 Å². The van der Waals surface area contributed by atoms with Gasteiger partial charge in [-0.05, 0) is 93.3 Å². The molecule has 2 unspecified atom stereocenters. The molecule has 6 aliphatic rings. The second-order valence-corrected chi connectivity index (χ2v) is 18.4. The molecule has 0 radical (unpaired) electrons. The van der Waals surface area contributed by atoms with Gasteiger partial charge in [0.2, 0.25) is 15.9 Å². The van der Waals surface area contributed by atoms with Crippen LogP contribution in [0, 0.1) is 16.2 Å². The Labute approximate surface area is 282 Å². The SMILES string of the molecule is COc1ccc2c(c1)[C@@H]1C[C@]1(C(=O)N1CC34CCC3(CNC4)C1)Cn1c-2c(C2CCCCC2)c2ccc(C(=O)NS(=O)(=O)C(C)C)cc21. The van der Waals surface area contributed by atoms with E-state index in [1.807, 2.05) is 18.2 Å². The summed E-state index contributed by atoms with van der Waals surface area (Å²) >= 11 is 0. The monoisotopic (exact) mass is 670 g/mol. The van der Waals surface area contributed by atoms with Crippen LogP contribution in [0.4, 0.5) is 0 Å². The molecule has 48 heavy (non-hydrogen) atoms. The number of carbonyl (C=O) groups is 2. The smallest absolute Gasteiger partial charge is 0.264 e. The van der Waals surface area contributed by atoms with Gasteiger partial charge in [-0.15, -0.1) is 0 Å². The van der Waals surface area contributed by atoms with Crippen molar-refractivity contribution in [3.05, 3.63) is 53.1 Å². The molecule has 9 nitrogen and oxygen atoms in total. The number of nitrogens with zero attached hydrogens (tertiary/aromatic N) is 2. The maximum Gasteiger partial charge on any atom is 0.264 e. The summed E-state index contributed by atoms with van der Waals surface area (Å²) in [6.45, 7) is 7.33. The minimum atomic E-state index is -3.80. The van der Waals surface area contributed by atoms with Crippen LogP contribution >= 0.6 is 0 Å². The summed E-state index contributed by atoms with van der Waals surface area (Å²) < 4.78 is 35.7. The average Bonchev–Trinajstić information content (AvgIpc) is 3.60. The van der Waals surface area contributed by atoms with Gasteiger partial charge in [0.05, 0.1) is 23.5 Å². The van der Waals surface area contributed by atoms with E-state index < -0.39 is 26.6 Å². The predicted octanol–water partition coefficient (Wildman–Crippen LogP) is 5.53. The standard InChI is InChI=1S/C38H46N4O5S/c1-23(2)48(45,46)40-34(43)25-9-11-28-31(15-25)42-22-38(35(44)41-20-36-13-14-37(36,21-41)19-39-18-36)17-30(38)29-16-26(47-3)10-12-27(29)33(42)32(28)24-7-5-4-6-8-24/h9-12,15-16,23-24,30,39H,4-8,13-14,17-22H2,1-3H3,(H,40,43)/t30-,36?,37?,38-/m0/s1. The van der Waals surface area contributed by atoms with Crippen LogP contribution in [-0.2, 0) is 21.4 Å². The van der Waals surface area contributed by atoms with Crippen molar-refractivity contribution in [2.24, 2.45) is 16.2 Å². The van der Waals surface area contributed by atoms with Gasteiger partial charge in [0.15, 0.2) is 0 Å². The van der Waals surface area contributed by atoms with Gasteiger partial charge in [-0.2, -0.15) is 0 Å². The van der Waals surface area contributed by atoms with Crippen LogP contribution in [0.2, 0.25) is 0 Å². The van der Waals surface area contributed by atoms with E-state index >= 15 is 4.79 Å². The number of likely N-dealkylation sites (tertiary alicyclic amines) is 1. The fourth-order valence-corrected chi connectivity index (χ4v) is 11.1. The zero-order valence-corrected chi connectivity index (χ0v) is 29.0. The van der Waals surface area contributed by atoms with E-state index in [0.717, 1.165) is 73.4 Å². The largest absolute Gasteiger partial charge is 0.497 e. The Bertz CT molecular complexity index is 1980. The average molecular weight is 671 g/mol. The molecule has 254 valence electrons. The highest BCUT2D eigenvalue weighted by Gasteiger charge is 2.70. The van der Waals surface area contributed by atoms with E-state index in [0.29, 0.717) is 18.0 Å². The van der Waals surface area contributed by atoms with Crippen molar-refractivity contribution in [1.82, 2.24) is 19.5 Å². The van der Waals surface area contributed by atoms with Gasteiger partial charge >= 0.3 is 0 Å². The highest BCUT2D eigenvalue weighted by atomic mass is 32.2. The molecule has 2 amide bonds. The van der Waals surface area contributed by atoms with Gasteiger partial charge in [-0.1, -0.05) is 25.3 Å². The Morgan fingerprint density at radius 3 is 2.38 bits per heavy atom. The Balaban J connectivity index is 1.21. The minimum Gasteiger partial charge on any atom is -0.497 e. The van der Waals surface area contributed by atoms with Gasteiger partial charge in [0.25, 0.3) is 5.91 Å². The van der Waals surface area contributed by atoms with Crippen LogP contribution in [0.3, 0.4) is 0 Å². The maximum absolute atomic E-state index is 15.0. The second kappa shape index (κ2) is 10.3. The summed E-state index contributed by atoms with van der Waals surface area (Å²) in [5.41, 5.74) is 5.85. The Hall–Kier alpha value is -3.37. The summed E-state index contributed by atoms with van der Waals surface area (Å²) in [4.78, 5) is 30.6. The van der Waals surface area contributed by atoms with E-state index in [4.69, 9.17) is 4.74 Å². The molecular weight excluding hydrogens is 625 g/mol. The van der Waals surface area contributed by atoms with Crippen LogP contribution in [0.5, 0.6) is 5.75 Å². The number of fused-ring (bicyclic) bond motifs is 7. The number of hydrogen-bond donors (Lipinski definition) is 2. The fraction of sp³-hybridized carbons (Fsp3) is 0.579. The molecular formula is C38H46N4O5S. The Morgan fingerprint density at radius 1 is 0.979 bits per heavy atom. The number of ether oxygens (including phenoxy) is 1. The van der Waals surface area contributed by atoms with Crippen LogP contribution in [0.25, 0.3) is 22.2 Å². The predicted molar refractivity (Wildman–Crippen MR) is 185 cm³/mol. The van der Waals surface area contributed by atoms with Crippen LogP contribution < -0.4 is 14.8 Å². The summed E-state index contributed by atoms with van der Waals surface area (Å²) in [6.07, 6.45) is 8.96. The molecule has 1 aromatic heterocycles.